The van der Waals surface area contributed by atoms with Crippen LogP contribution >= 0.6 is 0 Å². The van der Waals surface area contributed by atoms with E-state index in [9.17, 15) is 5.11 Å². The molecule has 0 bridgehead atoms. The highest BCUT2D eigenvalue weighted by atomic mass is 16.5. The summed E-state index contributed by atoms with van der Waals surface area (Å²) < 4.78 is 10.7. The van der Waals surface area contributed by atoms with Crippen molar-refractivity contribution >= 4 is 0 Å². The van der Waals surface area contributed by atoms with Crippen molar-refractivity contribution in [1.82, 2.24) is 0 Å². The fraction of sp³-hybridized carbons (Fsp3) is 0.600. The van der Waals surface area contributed by atoms with Crippen molar-refractivity contribution in [3.8, 4) is 11.5 Å². The Morgan fingerprint density at radius 3 is 2.06 bits per heavy atom. The largest absolute Gasteiger partial charge is 0.493 e. The minimum absolute atomic E-state index is 0.128. The van der Waals surface area contributed by atoms with Gasteiger partial charge in [-0.25, -0.2) is 0 Å². The number of hydrogen-bond donors (Lipinski definition) is 1. The van der Waals surface area contributed by atoms with Gasteiger partial charge in [-0.05, 0) is 42.0 Å². The van der Waals surface area contributed by atoms with Crippen LogP contribution in [0.2, 0.25) is 0 Å². The van der Waals surface area contributed by atoms with E-state index < -0.39 is 0 Å². The van der Waals surface area contributed by atoms with Crippen molar-refractivity contribution < 1.29 is 14.6 Å². The van der Waals surface area contributed by atoms with Crippen LogP contribution < -0.4 is 9.47 Å². The van der Waals surface area contributed by atoms with E-state index >= 15 is 0 Å². The maximum atomic E-state index is 9.79. The molecule has 0 spiro atoms. The second kappa shape index (κ2) is 4.16. The van der Waals surface area contributed by atoms with Crippen LogP contribution in [0.3, 0.4) is 0 Å². The molecule has 1 aromatic carbocycles. The maximum absolute atomic E-state index is 9.79. The van der Waals surface area contributed by atoms with E-state index in [0.29, 0.717) is 0 Å². The van der Waals surface area contributed by atoms with Crippen LogP contribution in [0, 0.1) is 12.3 Å². The summed E-state index contributed by atoms with van der Waals surface area (Å²) in [6, 6.07) is 4.00. The second-order valence-corrected chi connectivity index (χ2v) is 5.82. The normalized spacial score (nSPS) is 24.8. The maximum Gasteiger partial charge on any atom is 0.161 e. The van der Waals surface area contributed by atoms with Gasteiger partial charge in [0.25, 0.3) is 0 Å². The van der Waals surface area contributed by atoms with E-state index in [1.165, 1.54) is 5.56 Å². The zero-order valence-electron chi connectivity index (χ0n) is 11.8. The van der Waals surface area contributed by atoms with E-state index in [4.69, 9.17) is 9.47 Å². The summed E-state index contributed by atoms with van der Waals surface area (Å²) in [5.41, 5.74) is 2.34. The van der Waals surface area contributed by atoms with E-state index in [-0.39, 0.29) is 17.4 Å². The molecular weight excluding hydrogens is 228 g/mol. The number of aliphatic hydroxyl groups excluding tert-OH is 1. The zero-order chi connectivity index (χ0) is 13.6. The first-order chi connectivity index (χ1) is 8.41. The lowest BCUT2D eigenvalue weighted by Crippen LogP contribution is -2.20. The average Bonchev–Trinajstić information content (AvgIpc) is 2.92. The average molecular weight is 250 g/mol. The first kappa shape index (κ1) is 13.2. The number of hydrogen-bond acceptors (Lipinski definition) is 3. The van der Waals surface area contributed by atoms with Gasteiger partial charge in [-0.2, -0.15) is 0 Å². The molecule has 3 heteroatoms. The van der Waals surface area contributed by atoms with E-state index in [2.05, 4.69) is 20.8 Å². The minimum atomic E-state index is -0.128. The minimum Gasteiger partial charge on any atom is -0.493 e. The first-order valence-corrected chi connectivity index (χ1v) is 6.26. The summed E-state index contributed by atoms with van der Waals surface area (Å²) in [5, 5.41) is 9.79. The number of rotatable bonds is 4. The lowest BCUT2D eigenvalue weighted by molar-refractivity contribution is 0.230. The highest BCUT2D eigenvalue weighted by Gasteiger charge is 2.62. The van der Waals surface area contributed by atoms with Crippen molar-refractivity contribution in [2.24, 2.45) is 5.41 Å². The number of aliphatic hydroxyl groups is 1. The van der Waals surface area contributed by atoms with Gasteiger partial charge in [0.15, 0.2) is 11.5 Å². The molecule has 1 unspecified atom stereocenters. The third kappa shape index (κ3) is 1.69. The highest BCUT2D eigenvalue weighted by molar-refractivity contribution is 5.52. The molecule has 1 fully saturated rings. The van der Waals surface area contributed by atoms with Crippen LogP contribution in [0.1, 0.15) is 31.4 Å². The summed E-state index contributed by atoms with van der Waals surface area (Å²) in [7, 11) is 3.28. The summed E-state index contributed by atoms with van der Waals surface area (Å²) in [6.45, 7) is 6.62. The molecule has 1 aliphatic rings. The van der Waals surface area contributed by atoms with E-state index in [1.807, 2.05) is 12.1 Å². The Balaban J connectivity index is 2.53. The monoisotopic (exact) mass is 250 g/mol. The van der Waals surface area contributed by atoms with Gasteiger partial charge in [-0.15, -0.1) is 0 Å². The van der Waals surface area contributed by atoms with Crippen LogP contribution in [0.4, 0.5) is 0 Å². The Kier molecular flexibility index (Phi) is 3.06. The fourth-order valence-corrected chi connectivity index (χ4v) is 3.02. The Bertz CT molecular complexity index is 465. The molecule has 0 heterocycles. The Hall–Kier alpha value is -1.22. The molecule has 1 N–H and O–H groups in total. The summed E-state index contributed by atoms with van der Waals surface area (Å²) in [4.78, 5) is 0. The second-order valence-electron chi connectivity index (χ2n) is 5.82. The lowest BCUT2D eigenvalue weighted by Gasteiger charge is -2.22. The fourth-order valence-electron chi connectivity index (χ4n) is 3.02. The van der Waals surface area contributed by atoms with Crippen LogP contribution in [0.25, 0.3) is 0 Å². The first-order valence-electron chi connectivity index (χ1n) is 6.26. The molecular formula is C15H22O3. The van der Waals surface area contributed by atoms with E-state index in [1.54, 1.807) is 14.2 Å². The van der Waals surface area contributed by atoms with Crippen LogP contribution in [-0.4, -0.2) is 25.9 Å². The van der Waals surface area contributed by atoms with Gasteiger partial charge in [0.1, 0.15) is 0 Å². The van der Waals surface area contributed by atoms with Crippen LogP contribution in [0.15, 0.2) is 12.1 Å². The molecule has 1 saturated carbocycles. The molecule has 0 aromatic heterocycles. The third-order valence-corrected chi connectivity index (χ3v) is 4.43. The predicted molar refractivity (Wildman–Crippen MR) is 71.4 cm³/mol. The zero-order valence-corrected chi connectivity index (χ0v) is 11.8. The molecule has 0 aliphatic heterocycles. The summed E-state index contributed by atoms with van der Waals surface area (Å²) in [5.74, 6) is 1.47. The van der Waals surface area contributed by atoms with Gasteiger partial charge in [0, 0.05) is 5.41 Å². The van der Waals surface area contributed by atoms with Gasteiger partial charge in [0.05, 0.1) is 20.8 Å². The molecule has 0 amide bonds. The highest BCUT2D eigenvalue weighted by Crippen LogP contribution is 2.65. The van der Waals surface area contributed by atoms with Crippen molar-refractivity contribution in [3.63, 3.8) is 0 Å². The molecule has 3 nitrogen and oxygen atoms in total. The molecule has 100 valence electrons. The van der Waals surface area contributed by atoms with Crippen molar-refractivity contribution in [3.05, 3.63) is 23.3 Å². The van der Waals surface area contributed by atoms with Gasteiger partial charge < -0.3 is 14.6 Å². The van der Waals surface area contributed by atoms with Gasteiger partial charge in [0.2, 0.25) is 0 Å². The van der Waals surface area contributed by atoms with Crippen molar-refractivity contribution in [1.29, 1.82) is 0 Å². The Morgan fingerprint density at radius 2 is 1.67 bits per heavy atom. The molecule has 2 rings (SSSR count). The number of ether oxygens (including phenoxy) is 2. The van der Waals surface area contributed by atoms with Gasteiger partial charge in [-0.3, -0.25) is 0 Å². The Morgan fingerprint density at radius 1 is 1.17 bits per heavy atom. The number of aryl methyl sites for hydroxylation is 1. The number of methoxy groups -OCH3 is 2. The quantitative estimate of drug-likeness (QED) is 0.893. The van der Waals surface area contributed by atoms with Crippen molar-refractivity contribution in [2.45, 2.75) is 32.6 Å². The summed E-state index contributed by atoms with van der Waals surface area (Å²) >= 11 is 0. The number of benzene rings is 1. The van der Waals surface area contributed by atoms with E-state index in [0.717, 1.165) is 23.5 Å². The molecule has 0 saturated heterocycles. The third-order valence-electron chi connectivity index (χ3n) is 4.43. The SMILES string of the molecule is COc1cc(C)c(C2(CO)CC2(C)C)cc1OC. The van der Waals surface area contributed by atoms with Crippen LogP contribution in [0.5, 0.6) is 11.5 Å². The van der Waals surface area contributed by atoms with Crippen molar-refractivity contribution in [2.75, 3.05) is 20.8 Å². The molecule has 18 heavy (non-hydrogen) atoms. The molecule has 1 aliphatic carbocycles. The van der Waals surface area contributed by atoms with Crippen LogP contribution in [-0.2, 0) is 5.41 Å². The predicted octanol–water partition coefficient (Wildman–Crippen LogP) is 2.67. The molecule has 1 atom stereocenters. The molecule has 0 radical (unpaired) electrons. The topological polar surface area (TPSA) is 38.7 Å². The smallest absolute Gasteiger partial charge is 0.161 e. The Labute approximate surface area is 109 Å². The summed E-state index contributed by atoms with van der Waals surface area (Å²) in [6.07, 6.45) is 1.01. The standard InChI is InChI=1S/C15H22O3/c1-10-6-12(17-4)13(18-5)7-11(10)15(9-16)8-14(15,2)3/h6-7,16H,8-9H2,1-5H3. The van der Waals surface area contributed by atoms with Gasteiger partial charge in [-0.1, -0.05) is 13.8 Å². The molecule has 1 aromatic rings. The lowest BCUT2D eigenvalue weighted by atomic mass is 9.85. The van der Waals surface area contributed by atoms with Gasteiger partial charge >= 0.3 is 0 Å².